The molecule has 0 N–H and O–H groups in total. The van der Waals surface area contributed by atoms with Gasteiger partial charge in [-0.3, -0.25) is 0 Å². The SMILES string of the molecule is CC([C](C(C)c1ccccc1)=[Zr]([C]1=CC=CC1)[CH]1C2C=CC=CC2C2C3C=CC=CC3C3C=CC=CC3C21)c1ccccc1.Cl.Cl. The predicted octanol–water partition coefficient (Wildman–Crippen LogP) is 11.2. The summed E-state index contributed by atoms with van der Waals surface area (Å²) in [6, 6.07) is 22.9. The Morgan fingerprint density at radius 3 is 1.46 bits per heavy atom. The average molecular weight is 725 g/mol. The molecule has 236 valence electrons. The first-order valence-corrected chi connectivity index (χ1v) is 20.8. The molecule has 0 nitrogen and oxygen atoms in total. The fourth-order valence-electron chi connectivity index (χ4n) is 10.3. The van der Waals surface area contributed by atoms with E-state index in [-0.39, 0.29) is 24.8 Å². The summed E-state index contributed by atoms with van der Waals surface area (Å²) in [6.07, 6.45) is 38.5. The van der Waals surface area contributed by atoms with Crippen LogP contribution in [0.25, 0.3) is 0 Å². The Bertz CT molecular complexity index is 1620. The van der Waals surface area contributed by atoms with E-state index in [1.807, 2.05) is 6.49 Å². The van der Waals surface area contributed by atoms with Gasteiger partial charge in [-0.15, -0.1) is 24.8 Å². The third-order valence-corrected chi connectivity index (χ3v) is 21.8. The summed E-state index contributed by atoms with van der Waals surface area (Å²) in [5.41, 5.74) is 2.98. The number of halogens is 2. The number of allylic oxidation sites excluding steroid dienone is 16. The van der Waals surface area contributed by atoms with Crippen molar-refractivity contribution in [1.82, 2.24) is 0 Å². The van der Waals surface area contributed by atoms with Crippen molar-refractivity contribution in [2.24, 2.45) is 47.3 Å². The maximum atomic E-state index is 2.67. The minimum atomic E-state index is -2.55. The van der Waals surface area contributed by atoms with Crippen LogP contribution >= 0.6 is 24.8 Å². The molecule has 8 rings (SSSR count). The molecule has 0 aromatic heterocycles. The molecule has 0 heterocycles. The average Bonchev–Trinajstić information content (AvgIpc) is 3.75. The number of benzene rings is 2. The first-order chi connectivity index (χ1) is 21.7. The molecule has 11 atom stereocenters. The van der Waals surface area contributed by atoms with Crippen molar-refractivity contribution in [3.63, 3.8) is 0 Å². The van der Waals surface area contributed by atoms with Crippen molar-refractivity contribution >= 4 is 28.0 Å². The quantitative estimate of drug-likeness (QED) is 0.278. The van der Waals surface area contributed by atoms with E-state index in [1.54, 1.807) is 0 Å². The maximum absolute atomic E-state index is 2.67. The number of hydrogen-bond acceptors (Lipinski definition) is 0. The topological polar surface area (TPSA) is 0 Å². The van der Waals surface area contributed by atoms with Crippen LogP contribution in [0.15, 0.2) is 155 Å². The van der Waals surface area contributed by atoms with Crippen molar-refractivity contribution in [1.29, 1.82) is 0 Å². The fraction of sp³-hybridized carbons (Fsp3) is 0.326. The molecule has 6 aliphatic carbocycles. The van der Waals surface area contributed by atoms with Gasteiger partial charge in [0.05, 0.1) is 0 Å². The van der Waals surface area contributed by atoms with E-state index in [9.17, 15) is 0 Å². The first kappa shape index (κ1) is 33.6. The summed E-state index contributed by atoms with van der Waals surface area (Å²) >= 11 is -2.55. The Labute approximate surface area is 296 Å². The van der Waals surface area contributed by atoms with Crippen LogP contribution in [0.1, 0.15) is 43.2 Å². The van der Waals surface area contributed by atoms with Crippen LogP contribution in [0.2, 0.25) is 3.63 Å². The van der Waals surface area contributed by atoms with E-state index >= 15 is 0 Å². The van der Waals surface area contributed by atoms with Gasteiger partial charge in [-0.2, -0.15) is 0 Å². The van der Waals surface area contributed by atoms with E-state index in [0.29, 0.717) is 59.2 Å². The monoisotopic (exact) mass is 722 g/mol. The smallest absolute Gasteiger partial charge is 0.147 e. The van der Waals surface area contributed by atoms with Crippen LogP contribution in [0, 0.1) is 47.3 Å². The minimum Gasteiger partial charge on any atom is -0.147 e. The normalized spacial score (nSPS) is 33.4. The molecule has 11 unspecified atom stereocenters. The summed E-state index contributed by atoms with van der Waals surface area (Å²) < 4.78 is 4.48. The molecule has 0 aliphatic heterocycles. The molecule has 2 aromatic carbocycles. The third kappa shape index (κ3) is 5.74. The molecule has 2 aromatic rings. The Kier molecular flexibility index (Phi) is 10.5. The molecule has 3 heteroatoms. The molecule has 2 fully saturated rings. The molecule has 6 aliphatic rings. The second-order valence-electron chi connectivity index (χ2n) is 13.9. The molecule has 0 bridgehead atoms. The summed E-state index contributed by atoms with van der Waals surface area (Å²) in [6.45, 7) is 5.09. The molecule has 0 spiro atoms. The van der Waals surface area contributed by atoms with Gasteiger partial charge in [0.25, 0.3) is 0 Å². The molecule has 0 amide bonds. The Balaban J connectivity index is 0.00000186. The number of hydrogen-bond donors (Lipinski definition) is 0. The standard InChI is InChI=1S/C21H21.C17H18.C5H5.2ClH.Zr/c1-2-8-15-14(7-1)13-20-18-11-4-3-9-16(18)17-10-5-6-12-19(17)21(15)20;1-14(16-9-5-3-6-10-16)13-15(2)17-11-7-4-8-12-17;1-2-4-5-3-1;;;/h1-21H;3-12,14-15H,1-2H3;1-3H,4H2;2*1H;. The van der Waals surface area contributed by atoms with E-state index in [1.165, 1.54) is 11.1 Å². The van der Waals surface area contributed by atoms with Gasteiger partial charge in [-0.25, -0.2) is 0 Å². The van der Waals surface area contributed by atoms with Crippen molar-refractivity contribution in [2.45, 2.75) is 35.7 Å². The predicted molar refractivity (Wildman–Crippen MR) is 198 cm³/mol. The molecular weight excluding hydrogens is 679 g/mol. The van der Waals surface area contributed by atoms with Gasteiger partial charge in [0.2, 0.25) is 0 Å². The second-order valence-corrected chi connectivity index (χ2v) is 20.6. The fourth-order valence-corrected chi connectivity index (χ4v) is 21.6. The van der Waals surface area contributed by atoms with Crippen molar-refractivity contribution in [3.8, 4) is 0 Å². The molecule has 0 saturated heterocycles. The van der Waals surface area contributed by atoms with Crippen molar-refractivity contribution < 1.29 is 21.3 Å². The van der Waals surface area contributed by atoms with Gasteiger partial charge < -0.3 is 0 Å². The Morgan fingerprint density at radius 1 is 0.543 bits per heavy atom. The van der Waals surface area contributed by atoms with Gasteiger partial charge in [0.1, 0.15) is 0 Å². The van der Waals surface area contributed by atoms with Gasteiger partial charge >= 0.3 is 274 Å². The minimum absolute atomic E-state index is 0. The Morgan fingerprint density at radius 2 is 0.978 bits per heavy atom. The number of rotatable bonds is 6. The summed E-state index contributed by atoms with van der Waals surface area (Å²) in [4.78, 5) is 0. The zero-order valence-electron chi connectivity index (χ0n) is 26.8. The van der Waals surface area contributed by atoms with Gasteiger partial charge in [-0.05, 0) is 0 Å². The molecule has 0 radical (unpaired) electrons. The summed E-state index contributed by atoms with van der Waals surface area (Å²) in [5.74, 6) is 5.99. The first-order valence-electron chi connectivity index (χ1n) is 17.0. The van der Waals surface area contributed by atoms with E-state index in [2.05, 4.69) is 166 Å². The van der Waals surface area contributed by atoms with Gasteiger partial charge in [0.15, 0.2) is 0 Å². The van der Waals surface area contributed by atoms with Crippen LogP contribution in [0.3, 0.4) is 0 Å². The van der Waals surface area contributed by atoms with E-state index < -0.39 is 21.3 Å². The van der Waals surface area contributed by atoms with Crippen LogP contribution in [-0.4, -0.2) is 3.21 Å². The Hall–Kier alpha value is -2.31. The largest absolute Gasteiger partial charge is 0.147 e. The van der Waals surface area contributed by atoms with Crippen LogP contribution < -0.4 is 0 Å². The zero-order chi connectivity index (χ0) is 29.6. The van der Waals surface area contributed by atoms with Crippen LogP contribution in [-0.2, 0) is 21.3 Å². The maximum Gasteiger partial charge on any atom is -0.147 e. The van der Waals surface area contributed by atoms with Gasteiger partial charge in [-0.1, -0.05) is 0 Å². The zero-order valence-corrected chi connectivity index (χ0v) is 30.9. The van der Waals surface area contributed by atoms with Crippen LogP contribution in [0.5, 0.6) is 0 Å². The van der Waals surface area contributed by atoms with E-state index in [4.69, 9.17) is 0 Å². The molecule has 46 heavy (non-hydrogen) atoms. The van der Waals surface area contributed by atoms with Gasteiger partial charge in [0, 0.05) is 0 Å². The third-order valence-electron chi connectivity index (χ3n) is 12.0. The molecule has 2 saturated carbocycles. The van der Waals surface area contributed by atoms with Crippen molar-refractivity contribution in [3.05, 3.63) is 166 Å². The summed E-state index contributed by atoms with van der Waals surface area (Å²) in [5, 5.41) is 0. The number of fused-ring (bicyclic) bond motifs is 8. The molecular formula is C43H46Cl2Zr. The second kappa shape index (κ2) is 14.4. The van der Waals surface area contributed by atoms with E-state index in [0.717, 1.165) is 10.0 Å². The van der Waals surface area contributed by atoms with Crippen molar-refractivity contribution in [2.75, 3.05) is 0 Å². The van der Waals surface area contributed by atoms with Crippen LogP contribution in [0.4, 0.5) is 0 Å². The summed E-state index contributed by atoms with van der Waals surface area (Å²) in [7, 11) is 0.